The normalized spacial score (nSPS) is 39.5. The number of piperidine rings is 1. The average Bonchev–Trinajstić information content (AvgIpc) is 2.31. The monoisotopic (exact) mass is 265 g/mol. The number of nitrogens with zero attached hydrogens (tertiary/aromatic N) is 1. The van der Waals surface area contributed by atoms with Crippen molar-refractivity contribution in [1.29, 1.82) is 0 Å². The van der Waals surface area contributed by atoms with Gasteiger partial charge in [-0.3, -0.25) is 4.90 Å². The van der Waals surface area contributed by atoms with Gasteiger partial charge in [0.05, 0.1) is 18.8 Å². The lowest BCUT2D eigenvalue weighted by Gasteiger charge is -2.61. The number of hydrogen-bond donors (Lipinski definition) is 0. The van der Waals surface area contributed by atoms with Gasteiger partial charge in [-0.2, -0.15) is 0 Å². The van der Waals surface area contributed by atoms with E-state index in [4.69, 9.17) is 4.74 Å². The van der Waals surface area contributed by atoms with Gasteiger partial charge in [0.25, 0.3) is 0 Å². The summed E-state index contributed by atoms with van der Waals surface area (Å²) in [4.78, 5) is 2.78. The fraction of sp³-hybridized carbons (Fsp3) is 1.00. The minimum absolute atomic E-state index is 0.414. The molecule has 3 fully saturated rings. The van der Waals surface area contributed by atoms with E-state index in [-0.39, 0.29) is 0 Å². The van der Waals surface area contributed by atoms with Crippen LogP contribution >= 0.6 is 0 Å². The summed E-state index contributed by atoms with van der Waals surface area (Å²) < 4.78 is 5.70. The van der Waals surface area contributed by atoms with E-state index in [1.54, 1.807) is 0 Å². The number of likely N-dealkylation sites (tertiary alicyclic amines) is 1. The molecule has 2 nitrogen and oxygen atoms in total. The Morgan fingerprint density at radius 2 is 1.84 bits per heavy atom. The molecule has 0 radical (unpaired) electrons. The Bertz CT molecular complexity index is 310. The predicted octanol–water partition coefficient (Wildman–Crippen LogP) is 3.70. The molecule has 0 aromatic heterocycles. The molecule has 0 bridgehead atoms. The van der Waals surface area contributed by atoms with E-state index in [0.717, 1.165) is 31.0 Å². The molecule has 3 unspecified atom stereocenters. The summed E-state index contributed by atoms with van der Waals surface area (Å²) in [6.07, 6.45) is 8.69. The lowest BCUT2D eigenvalue weighted by molar-refractivity contribution is -0.209. The minimum atomic E-state index is 0.414. The van der Waals surface area contributed by atoms with E-state index in [9.17, 15) is 0 Å². The first kappa shape index (κ1) is 13.9. The third-order valence-corrected chi connectivity index (χ3v) is 6.14. The van der Waals surface area contributed by atoms with Crippen molar-refractivity contribution in [3.05, 3.63) is 0 Å². The van der Waals surface area contributed by atoms with Crippen LogP contribution in [0.3, 0.4) is 0 Å². The van der Waals surface area contributed by atoms with Crippen molar-refractivity contribution in [3.8, 4) is 0 Å². The summed E-state index contributed by atoms with van der Waals surface area (Å²) in [6.45, 7) is 10.5. The molecule has 0 amide bonds. The van der Waals surface area contributed by atoms with Crippen LogP contribution in [0.25, 0.3) is 0 Å². The molecule has 3 rings (SSSR count). The van der Waals surface area contributed by atoms with Crippen molar-refractivity contribution in [2.75, 3.05) is 19.8 Å². The molecule has 1 aliphatic carbocycles. The van der Waals surface area contributed by atoms with Crippen LogP contribution in [0.1, 0.15) is 59.3 Å². The Morgan fingerprint density at radius 1 is 1.05 bits per heavy atom. The molecule has 1 spiro atoms. The summed E-state index contributed by atoms with van der Waals surface area (Å²) >= 11 is 0. The van der Waals surface area contributed by atoms with Gasteiger partial charge in [-0.25, -0.2) is 0 Å². The van der Waals surface area contributed by atoms with Crippen LogP contribution in [0.5, 0.6) is 0 Å². The Labute approximate surface area is 118 Å². The lowest BCUT2D eigenvalue weighted by Crippen LogP contribution is -2.71. The molecular formula is C17H31NO. The van der Waals surface area contributed by atoms with Gasteiger partial charge in [-0.1, -0.05) is 26.2 Å². The molecule has 0 N–H and O–H groups in total. The number of fused-ring (bicyclic) bond motifs is 2. The second-order valence-electron chi connectivity index (χ2n) is 7.65. The van der Waals surface area contributed by atoms with E-state index in [2.05, 4.69) is 25.7 Å². The first-order valence-corrected chi connectivity index (χ1v) is 8.48. The smallest absolute Gasteiger partial charge is 0.0711 e. The Morgan fingerprint density at radius 3 is 2.47 bits per heavy atom. The lowest BCUT2D eigenvalue weighted by atomic mass is 9.63. The molecule has 2 heteroatoms. The minimum Gasteiger partial charge on any atom is -0.377 e. The third kappa shape index (κ3) is 2.35. The molecule has 110 valence electrons. The van der Waals surface area contributed by atoms with Crippen LogP contribution in [0.4, 0.5) is 0 Å². The molecule has 2 heterocycles. The Hall–Kier alpha value is -0.0800. The summed E-state index contributed by atoms with van der Waals surface area (Å²) in [6, 6.07) is 0.675. The maximum absolute atomic E-state index is 5.70. The van der Waals surface area contributed by atoms with Crippen LogP contribution in [0.15, 0.2) is 0 Å². The largest absolute Gasteiger partial charge is 0.377 e. The highest BCUT2D eigenvalue weighted by Gasteiger charge is 2.55. The quantitative estimate of drug-likeness (QED) is 0.717. The zero-order valence-corrected chi connectivity index (χ0v) is 13.0. The van der Waals surface area contributed by atoms with Crippen LogP contribution in [-0.2, 0) is 4.74 Å². The predicted molar refractivity (Wildman–Crippen MR) is 79.2 cm³/mol. The van der Waals surface area contributed by atoms with Gasteiger partial charge in [0, 0.05) is 6.04 Å². The molecule has 3 atom stereocenters. The maximum Gasteiger partial charge on any atom is 0.0711 e. The average molecular weight is 265 g/mol. The zero-order chi connectivity index (χ0) is 13.5. The van der Waals surface area contributed by atoms with E-state index >= 15 is 0 Å². The fourth-order valence-electron chi connectivity index (χ4n) is 5.02. The van der Waals surface area contributed by atoms with Crippen molar-refractivity contribution in [1.82, 2.24) is 4.90 Å². The van der Waals surface area contributed by atoms with E-state index in [1.807, 2.05) is 0 Å². The van der Waals surface area contributed by atoms with Gasteiger partial charge in [-0.15, -0.1) is 0 Å². The van der Waals surface area contributed by atoms with E-state index in [1.165, 1.54) is 45.1 Å². The summed E-state index contributed by atoms with van der Waals surface area (Å²) in [5.41, 5.74) is 0.414. The van der Waals surface area contributed by atoms with Gasteiger partial charge in [0.2, 0.25) is 0 Å². The molecule has 3 aliphatic rings. The van der Waals surface area contributed by atoms with Gasteiger partial charge in [0.15, 0.2) is 0 Å². The first-order valence-electron chi connectivity index (χ1n) is 8.48. The fourth-order valence-corrected chi connectivity index (χ4v) is 5.02. The first-order chi connectivity index (χ1) is 9.13. The number of hydrogen-bond acceptors (Lipinski definition) is 2. The number of ether oxygens (including phenoxy) is 1. The Balaban J connectivity index is 1.80. The van der Waals surface area contributed by atoms with Gasteiger partial charge >= 0.3 is 0 Å². The third-order valence-electron chi connectivity index (χ3n) is 6.14. The van der Waals surface area contributed by atoms with Gasteiger partial charge in [-0.05, 0) is 57.4 Å². The Kier molecular flexibility index (Phi) is 3.92. The van der Waals surface area contributed by atoms with Crippen LogP contribution < -0.4 is 0 Å². The molecular weight excluding hydrogens is 234 g/mol. The van der Waals surface area contributed by atoms with Gasteiger partial charge < -0.3 is 4.74 Å². The zero-order valence-electron chi connectivity index (χ0n) is 13.0. The van der Waals surface area contributed by atoms with E-state index < -0.39 is 0 Å². The molecule has 0 aromatic rings. The molecule has 0 aromatic carbocycles. The van der Waals surface area contributed by atoms with Crippen molar-refractivity contribution in [2.45, 2.75) is 70.9 Å². The van der Waals surface area contributed by atoms with Crippen molar-refractivity contribution in [3.63, 3.8) is 0 Å². The maximum atomic E-state index is 5.70. The highest BCUT2D eigenvalue weighted by atomic mass is 16.5. The molecule has 1 saturated carbocycles. The second-order valence-corrected chi connectivity index (χ2v) is 7.65. The van der Waals surface area contributed by atoms with Crippen LogP contribution in [0.2, 0.25) is 0 Å². The van der Waals surface area contributed by atoms with Crippen molar-refractivity contribution in [2.24, 2.45) is 17.8 Å². The van der Waals surface area contributed by atoms with Crippen molar-refractivity contribution >= 4 is 0 Å². The number of rotatable bonds is 1. The molecule has 19 heavy (non-hydrogen) atoms. The summed E-state index contributed by atoms with van der Waals surface area (Å²) in [7, 11) is 0. The second kappa shape index (κ2) is 5.37. The molecule has 2 saturated heterocycles. The van der Waals surface area contributed by atoms with Crippen molar-refractivity contribution < 1.29 is 4.74 Å². The van der Waals surface area contributed by atoms with E-state index in [0.29, 0.717) is 11.6 Å². The summed E-state index contributed by atoms with van der Waals surface area (Å²) in [5.74, 6) is 2.84. The van der Waals surface area contributed by atoms with Crippen LogP contribution in [-0.4, -0.2) is 36.2 Å². The highest BCUT2D eigenvalue weighted by molar-refractivity contribution is 5.07. The van der Waals surface area contributed by atoms with Crippen LogP contribution in [0, 0.1) is 17.8 Å². The topological polar surface area (TPSA) is 12.5 Å². The summed E-state index contributed by atoms with van der Waals surface area (Å²) in [5, 5.41) is 0. The SMILES string of the molecule is CC1CCCC2C(CC1)CCN(C(C)C)C21COC1. The molecule has 2 aliphatic heterocycles. The van der Waals surface area contributed by atoms with Gasteiger partial charge in [0.1, 0.15) is 0 Å². The standard InChI is InChI=1S/C17H31NO/c1-13(2)18-10-9-15-8-7-14(3)5-4-6-16(15)17(18)11-19-12-17/h13-16H,4-12H2,1-3H3. The highest BCUT2D eigenvalue weighted by Crippen LogP contribution is 2.48.